The fraction of sp³-hybridized carbons (Fsp3) is 0.333. The average molecular weight is 369 g/mol. The third-order valence-corrected chi connectivity index (χ3v) is 4.48. The van der Waals surface area contributed by atoms with Crippen molar-refractivity contribution in [1.82, 2.24) is 4.90 Å². The summed E-state index contributed by atoms with van der Waals surface area (Å²) in [7, 11) is 0. The minimum absolute atomic E-state index is 0.0614. The molecule has 2 aromatic carbocycles. The van der Waals surface area contributed by atoms with Gasteiger partial charge in [0.1, 0.15) is 6.61 Å². The van der Waals surface area contributed by atoms with Gasteiger partial charge in [0.05, 0.1) is 12.5 Å². The van der Waals surface area contributed by atoms with Crippen LogP contribution in [0.1, 0.15) is 24.5 Å². The summed E-state index contributed by atoms with van der Waals surface area (Å²) < 4.78 is 11.6. The fourth-order valence-electron chi connectivity index (χ4n) is 3.08. The largest absolute Gasteiger partial charge is 0.490 e. The summed E-state index contributed by atoms with van der Waals surface area (Å²) in [6, 6.07) is 15.4. The highest BCUT2D eigenvalue weighted by Crippen LogP contribution is 2.30. The molecule has 2 aromatic rings. The molecule has 0 bridgehead atoms. The van der Waals surface area contributed by atoms with Crippen LogP contribution in [0, 0.1) is 5.92 Å². The number of rotatable bonds is 8. The van der Waals surface area contributed by atoms with Gasteiger partial charge in [-0.1, -0.05) is 36.4 Å². The van der Waals surface area contributed by atoms with Gasteiger partial charge in [0, 0.05) is 19.5 Å². The van der Waals surface area contributed by atoms with Gasteiger partial charge in [-0.3, -0.25) is 9.59 Å². The molecule has 1 amide bonds. The highest BCUT2D eigenvalue weighted by molar-refractivity contribution is 5.86. The molecule has 0 unspecified atom stereocenters. The van der Waals surface area contributed by atoms with Crippen LogP contribution in [-0.4, -0.2) is 35.0 Å². The Morgan fingerprint density at radius 2 is 1.89 bits per heavy atom. The molecule has 1 N–H and O–H groups in total. The van der Waals surface area contributed by atoms with Crippen molar-refractivity contribution in [3.05, 3.63) is 59.7 Å². The second-order valence-electron chi connectivity index (χ2n) is 6.50. The van der Waals surface area contributed by atoms with E-state index in [0.29, 0.717) is 31.3 Å². The number of benzene rings is 2. The maximum Gasteiger partial charge on any atom is 0.308 e. The lowest BCUT2D eigenvalue weighted by molar-refractivity contribution is -0.141. The Morgan fingerprint density at radius 1 is 1.11 bits per heavy atom. The molecule has 0 aliphatic carbocycles. The summed E-state index contributed by atoms with van der Waals surface area (Å²) in [4.78, 5) is 24.7. The van der Waals surface area contributed by atoms with Gasteiger partial charge in [-0.25, -0.2) is 0 Å². The molecule has 1 fully saturated rings. The van der Waals surface area contributed by atoms with Gasteiger partial charge >= 0.3 is 5.97 Å². The molecule has 1 aliphatic rings. The molecule has 6 nitrogen and oxygen atoms in total. The van der Waals surface area contributed by atoms with E-state index in [0.717, 1.165) is 11.1 Å². The summed E-state index contributed by atoms with van der Waals surface area (Å²) in [5.74, 6) is -0.430. The van der Waals surface area contributed by atoms with Crippen LogP contribution in [0.3, 0.4) is 0 Å². The van der Waals surface area contributed by atoms with Crippen molar-refractivity contribution >= 4 is 11.9 Å². The summed E-state index contributed by atoms with van der Waals surface area (Å²) in [6.07, 6.45) is 0.0614. The predicted molar refractivity (Wildman–Crippen MR) is 99.5 cm³/mol. The normalized spacial score (nSPS) is 16.4. The Hall–Kier alpha value is -3.02. The number of carboxylic acid groups (broad SMARTS) is 1. The van der Waals surface area contributed by atoms with Crippen molar-refractivity contribution < 1.29 is 24.2 Å². The van der Waals surface area contributed by atoms with E-state index in [1.807, 2.05) is 55.5 Å². The maximum absolute atomic E-state index is 12.0. The van der Waals surface area contributed by atoms with Crippen molar-refractivity contribution in [2.24, 2.45) is 5.92 Å². The lowest BCUT2D eigenvalue weighted by Gasteiger charge is -2.18. The number of carboxylic acids is 1. The van der Waals surface area contributed by atoms with Gasteiger partial charge in [-0.2, -0.15) is 0 Å². The topological polar surface area (TPSA) is 76.1 Å². The monoisotopic (exact) mass is 369 g/mol. The van der Waals surface area contributed by atoms with Crippen LogP contribution in [0.5, 0.6) is 11.5 Å². The predicted octanol–water partition coefficient (Wildman–Crippen LogP) is 3.10. The molecule has 27 heavy (non-hydrogen) atoms. The van der Waals surface area contributed by atoms with Crippen LogP contribution in [0.25, 0.3) is 0 Å². The van der Waals surface area contributed by atoms with Gasteiger partial charge < -0.3 is 19.5 Å². The number of likely N-dealkylation sites (tertiary alicyclic amines) is 1. The molecule has 0 spiro atoms. The SMILES string of the molecule is CCOc1cc(CN2C[C@@H](C(=O)O)CC2=O)ccc1OCc1ccccc1. The van der Waals surface area contributed by atoms with Crippen LogP contribution in [0.4, 0.5) is 0 Å². The number of ether oxygens (including phenoxy) is 2. The van der Waals surface area contributed by atoms with E-state index in [1.54, 1.807) is 4.90 Å². The summed E-state index contributed by atoms with van der Waals surface area (Å²) in [5.41, 5.74) is 1.94. The minimum atomic E-state index is -0.925. The first kappa shape index (κ1) is 18.8. The molecule has 0 radical (unpaired) electrons. The van der Waals surface area contributed by atoms with Crippen molar-refractivity contribution in [3.8, 4) is 11.5 Å². The first-order valence-electron chi connectivity index (χ1n) is 9.00. The molecular weight excluding hydrogens is 346 g/mol. The van der Waals surface area contributed by atoms with Crippen LogP contribution in [0.2, 0.25) is 0 Å². The molecule has 1 atom stereocenters. The first-order valence-corrected chi connectivity index (χ1v) is 9.00. The minimum Gasteiger partial charge on any atom is -0.490 e. The number of hydrogen-bond donors (Lipinski definition) is 1. The molecule has 3 rings (SSSR count). The highest BCUT2D eigenvalue weighted by Gasteiger charge is 2.34. The second kappa shape index (κ2) is 8.58. The number of nitrogens with zero attached hydrogens (tertiary/aromatic N) is 1. The quantitative estimate of drug-likeness (QED) is 0.774. The summed E-state index contributed by atoms with van der Waals surface area (Å²) in [5, 5.41) is 9.10. The van der Waals surface area contributed by atoms with E-state index in [1.165, 1.54) is 0 Å². The molecule has 6 heteroatoms. The lowest BCUT2D eigenvalue weighted by Crippen LogP contribution is -2.25. The van der Waals surface area contributed by atoms with Crippen LogP contribution < -0.4 is 9.47 Å². The summed E-state index contributed by atoms with van der Waals surface area (Å²) in [6.45, 7) is 3.43. The molecule has 1 saturated heterocycles. The fourth-order valence-corrected chi connectivity index (χ4v) is 3.08. The average Bonchev–Trinajstić information content (AvgIpc) is 3.03. The van der Waals surface area contributed by atoms with E-state index in [9.17, 15) is 9.59 Å². The summed E-state index contributed by atoms with van der Waals surface area (Å²) >= 11 is 0. The third kappa shape index (κ3) is 4.78. The first-order chi connectivity index (χ1) is 13.1. The Labute approximate surface area is 158 Å². The Morgan fingerprint density at radius 3 is 2.56 bits per heavy atom. The van der Waals surface area contributed by atoms with E-state index in [-0.39, 0.29) is 18.9 Å². The number of hydrogen-bond acceptors (Lipinski definition) is 4. The Kier molecular flexibility index (Phi) is 5.96. The van der Waals surface area contributed by atoms with Crippen LogP contribution >= 0.6 is 0 Å². The zero-order valence-corrected chi connectivity index (χ0v) is 15.3. The van der Waals surface area contributed by atoms with E-state index in [4.69, 9.17) is 14.6 Å². The van der Waals surface area contributed by atoms with Crippen molar-refractivity contribution in [1.29, 1.82) is 0 Å². The number of aliphatic carboxylic acids is 1. The smallest absolute Gasteiger partial charge is 0.308 e. The number of carbonyl (C=O) groups is 2. The van der Waals surface area contributed by atoms with Crippen molar-refractivity contribution in [2.45, 2.75) is 26.5 Å². The highest BCUT2D eigenvalue weighted by atomic mass is 16.5. The van der Waals surface area contributed by atoms with Gasteiger partial charge in [-0.05, 0) is 30.2 Å². The molecule has 1 heterocycles. The van der Waals surface area contributed by atoms with Crippen molar-refractivity contribution in [2.75, 3.05) is 13.2 Å². The molecule has 0 saturated carbocycles. The zero-order valence-electron chi connectivity index (χ0n) is 15.3. The van der Waals surface area contributed by atoms with Crippen molar-refractivity contribution in [3.63, 3.8) is 0 Å². The number of carbonyl (C=O) groups excluding carboxylic acids is 1. The van der Waals surface area contributed by atoms with Crippen LogP contribution in [0.15, 0.2) is 48.5 Å². The van der Waals surface area contributed by atoms with Gasteiger partial charge in [-0.15, -0.1) is 0 Å². The van der Waals surface area contributed by atoms with Gasteiger partial charge in [0.2, 0.25) is 5.91 Å². The Bertz CT molecular complexity index is 805. The standard InChI is InChI=1S/C21H23NO5/c1-2-26-19-10-16(12-22-13-17(21(24)25)11-20(22)23)8-9-18(19)27-14-15-6-4-3-5-7-15/h3-10,17H,2,11-14H2,1H3,(H,24,25)/t17-/m0/s1. The van der Waals surface area contributed by atoms with E-state index < -0.39 is 11.9 Å². The zero-order chi connectivity index (χ0) is 19.2. The second-order valence-corrected chi connectivity index (χ2v) is 6.50. The molecular formula is C21H23NO5. The maximum atomic E-state index is 12.0. The van der Waals surface area contributed by atoms with Gasteiger partial charge in [0.15, 0.2) is 11.5 Å². The van der Waals surface area contributed by atoms with E-state index in [2.05, 4.69) is 0 Å². The molecule has 142 valence electrons. The van der Waals surface area contributed by atoms with Crippen LogP contribution in [-0.2, 0) is 22.7 Å². The van der Waals surface area contributed by atoms with Gasteiger partial charge in [0.25, 0.3) is 0 Å². The molecule has 0 aromatic heterocycles. The third-order valence-electron chi connectivity index (χ3n) is 4.48. The Balaban J connectivity index is 1.69. The van der Waals surface area contributed by atoms with E-state index >= 15 is 0 Å². The lowest BCUT2D eigenvalue weighted by atomic mass is 10.1. The molecule has 1 aliphatic heterocycles. The number of amides is 1.